The molecule has 2 bridgehead atoms. The molecular weight excluding hydrogens is 449 g/mol. The van der Waals surface area contributed by atoms with Crippen LogP contribution in [-0.4, -0.2) is 44.3 Å². The van der Waals surface area contributed by atoms with Crippen molar-refractivity contribution in [2.75, 3.05) is 6.54 Å². The van der Waals surface area contributed by atoms with Crippen LogP contribution in [0, 0.1) is 8.78 Å². The molecule has 2 fully saturated rings. The van der Waals surface area contributed by atoms with Gasteiger partial charge in [0.1, 0.15) is 0 Å². The summed E-state index contributed by atoms with van der Waals surface area (Å²) in [6, 6.07) is 8.39. The summed E-state index contributed by atoms with van der Waals surface area (Å²) in [6.45, 7) is 4.44. The number of piperidine rings is 1. The third-order valence-electron chi connectivity index (χ3n) is 4.89. The number of hydrogen-bond donors (Lipinski definition) is 2. The minimum absolute atomic E-state index is 0.00671. The normalized spacial score (nSPS) is 24.7. The summed E-state index contributed by atoms with van der Waals surface area (Å²) in [5, 5.41) is 23.0. The molecule has 0 aromatic heterocycles. The van der Waals surface area contributed by atoms with Crippen LogP contribution in [0.2, 0.25) is 0 Å². The first-order valence-electron chi connectivity index (χ1n) is 8.75. The number of fused-ring (bicyclic) bond motifs is 2. The molecule has 0 saturated carbocycles. The van der Waals surface area contributed by atoms with Crippen LogP contribution in [0.3, 0.4) is 0 Å². The molecule has 7 nitrogen and oxygen atoms in total. The molecule has 2 N–H and O–H groups in total. The number of carbonyl (C=O) groups excluding carboxylic acids is 1. The van der Waals surface area contributed by atoms with Crippen LogP contribution in [0.25, 0.3) is 0 Å². The second-order valence-corrected chi connectivity index (χ2v) is 9.25. The zero-order valence-electron chi connectivity index (χ0n) is 14.5. The Kier molecular flexibility index (Phi) is 6.87. The molecule has 2 aliphatic heterocycles. The van der Waals surface area contributed by atoms with Gasteiger partial charge >= 0.3 is 164 Å². The van der Waals surface area contributed by atoms with Crippen molar-refractivity contribution in [2.45, 2.75) is 50.4 Å². The number of ether oxygens (including phenoxy) is 1. The van der Waals surface area contributed by atoms with Crippen molar-refractivity contribution in [2.24, 2.45) is 0 Å². The fourth-order valence-electron chi connectivity index (χ4n) is 3.74. The molecule has 26 heavy (non-hydrogen) atoms. The van der Waals surface area contributed by atoms with Gasteiger partial charge in [-0.05, 0) is 0 Å². The van der Waals surface area contributed by atoms with E-state index in [2.05, 4.69) is 11.9 Å². The Hall–Kier alpha value is -1.20. The van der Waals surface area contributed by atoms with Gasteiger partial charge in [-0.15, -0.1) is 0 Å². The first kappa shape index (κ1) is 19.6. The van der Waals surface area contributed by atoms with E-state index >= 15 is 0 Å². The van der Waals surface area contributed by atoms with E-state index in [0.29, 0.717) is 18.6 Å². The van der Waals surface area contributed by atoms with Crippen molar-refractivity contribution in [1.29, 1.82) is 0 Å². The second kappa shape index (κ2) is 9.14. The SMILES string of the molecule is C=CCN(C(=O)OCc1ccc([I-]N([O-])O)cc1)C1C[C@H]2CC[C@@H](C1)N2. The van der Waals surface area contributed by atoms with Gasteiger partial charge in [0.25, 0.3) is 0 Å². The third kappa shape index (κ3) is 5.17. The first-order valence-corrected chi connectivity index (χ1v) is 10.8. The van der Waals surface area contributed by atoms with Crippen molar-refractivity contribution in [3.63, 3.8) is 0 Å². The van der Waals surface area contributed by atoms with E-state index in [0.717, 1.165) is 22.0 Å². The van der Waals surface area contributed by atoms with Gasteiger partial charge in [0.15, 0.2) is 0 Å². The molecule has 1 aromatic rings. The van der Waals surface area contributed by atoms with Gasteiger partial charge in [-0.2, -0.15) is 0 Å². The second-order valence-electron chi connectivity index (χ2n) is 6.70. The number of nitrogens with zero attached hydrogens (tertiary/aromatic N) is 2. The van der Waals surface area contributed by atoms with E-state index in [1.54, 1.807) is 23.1 Å². The fraction of sp³-hybridized carbons (Fsp3) is 0.500. The van der Waals surface area contributed by atoms with Crippen LogP contribution in [0.5, 0.6) is 0 Å². The molecule has 2 saturated heterocycles. The van der Waals surface area contributed by atoms with Crippen molar-refractivity contribution in [3.8, 4) is 0 Å². The number of rotatable bonds is 7. The van der Waals surface area contributed by atoms with Gasteiger partial charge in [0.05, 0.1) is 0 Å². The molecule has 3 rings (SSSR count). The van der Waals surface area contributed by atoms with Gasteiger partial charge in [-0.25, -0.2) is 0 Å². The predicted octanol–water partition coefficient (Wildman–Crippen LogP) is -0.543. The van der Waals surface area contributed by atoms with Crippen molar-refractivity contribution in [1.82, 2.24) is 13.7 Å². The van der Waals surface area contributed by atoms with E-state index in [4.69, 9.17) is 9.94 Å². The first-order chi connectivity index (χ1) is 12.5. The van der Waals surface area contributed by atoms with E-state index in [-0.39, 0.29) is 22.2 Å². The molecule has 8 heteroatoms. The van der Waals surface area contributed by atoms with Crippen LogP contribution in [0.4, 0.5) is 4.79 Å². The average Bonchev–Trinajstić information content (AvgIpc) is 2.96. The van der Waals surface area contributed by atoms with Crippen molar-refractivity contribution in [3.05, 3.63) is 51.3 Å². The Balaban J connectivity index is 1.55. The molecule has 1 aromatic carbocycles. The Morgan fingerprint density at radius 1 is 1.35 bits per heavy atom. The Morgan fingerprint density at radius 3 is 2.58 bits per heavy atom. The predicted molar refractivity (Wildman–Crippen MR) is 92.2 cm³/mol. The van der Waals surface area contributed by atoms with Gasteiger partial charge < -0.3 is 0 Å². The van der Waals surface area contributed by atoms with Gasteiger partial charge in [-0.1, -0.05) is 0 Å². The van der Waals surface area contributed by atoms with Crippen molar-refractivity contribution >= 4 is 6.09 Å². The summed E-state index contributed by atoms with van der Waals surface area (Å²) in [5.41, 5.74) is 0.852. The topological polar surface area (TPSA) is 88.1 Å². The Morgan fingerprint density at radius 2 is 2.00 bits per heavy atom. The summed E-state index contributed by atoms with van der Waals surface area (Å²) >= 11 is -1.10. The number of benzene rings is 1. The molecule has 0 spiro atoms. The maximum absolute atomic E-state index is 12.6. The van der Waals surface area contributed by atoms with Crippen LogP contribution >= 0.6 is 0 Å². The van der Waals surface area contributed by atoms with Crippen LogP contribution in [0.15, 0.2) is 36.9 Å². The zero-order valence-corrected chi connectivity index (χ0v) is 16.7. The monoisotopic (exact) mass is 473 g/mol. The number of hydrogen-bond acceptors (Lipinski definition) is 6. The maximum atomic E-state index is 12.6. The summed E-state index contributed by atoms with van der Waals surface area (Å²) < 4.78 is 6.31. The molecule has 144 valence electrons. The van der Waals surface area contributed by atoms with Crippen LogP contribution in [-0.2, 0) is 11.3 Å². The van der Waals surface area contributed by atoms with E-state index in [1.165, 1.54) is 12.8 Å². The minimum atomic E-state index is -1.10. The Bertz CT molecular complexity index is 613. The zero-order chi connectivity index (χ0) is 18.5. The quantitative estimate of drug-likeness (QED) is 0.240. The number of nitrogens with one attached hydrogen (secondary N) is 1. The third-order valence-corrected chi connectivity index (χ3v) is 6.58. The van der Waals surface area contributed by atoms with Crippen molar-refractivity contribution < 1.29 is 36.2 Å². The van der Waals surface area contributed by atoms with Gasteiger partial charge in [-0.3, -0.25) is 0 Å². The molecule has 3 atom stereocenters. The van der Waals surface area contributed by atoms with Crippen LogP contribution < -0.4 is 26.8 Å². The summed E-state index contributed by atoms with van der Waals surface area (Å²) in [4.78, 5) is 14.4. The molecule has 1 unspecified atom stereocenters. The fourth-order valence-corrected chi connectivity index (χ4v) is 4.90. The van der Waals surface area contributed by atoms with Gasteiger partial charge in [0.2, 0.25) is 0 Å². The molecule has 2 heterocycles. The van der Waals surface area contributed by atoms with E-state index < -0.39 is 21.5 Å². The summed E-state index contributed by atoms with van der Waals surface area (Å²) in [6.07, 6.45) is 5.72. The standard InChI is InChI=1S/C18H24IN3O4/c1-2-9-21(17-10-15-7-8-16(11-17)20-15)18(23)26-12-13-3-5-14(6-4-13)19-22(24)25/h2-6,15-17,20,24H,1,7-12H2/q-2/t15-,16+,17?. The molecular formula is C18H24IN3O4-2. The molecule has 0 radical (unpaired) electrons. The number of carbonyl (C=O) groups is 1. The van der Waals surface area contributed by atoms with E-state index in [9.17, 15) is 10.0 Å². The average molecular weight is 473 g/mol. The number of amides is 1. The molecule has 2 aliphatic rings. The Labute approximate surface area is 164 Å². The van der Waals surface area contributed by atoms with E-state index in [1.807, 2.05) is 12.1 Å². The molecule has 0 aliphatic carbocycles. The summed E-state index contributed by atoms with van der Waals surface area (Å²) in [7, 11) is 0. The van der Waals surface area contributed by atoms with Gasteiger partial charge in [0, 0.05) is 0 Å². The molecule has 1 amide bonds. The summed E-state index contributed by atoms with van der Waals surface area (Å²) in [5.74, 6) is 0. The number of halogens is 1. The van der Waals surface area contributed by atoms with Crippen LogP contribution in [0.1, 0.15) is 31.2 Å².